The smallest absolute Gasteiger partial charge is 0.170 e. The molecule has 0 amide bonds. The quantitative estimate of drug-likeness (QED) is 0.851. The van der Waals surface area contributed by atoms with Crippen LogP contribution in [0.3, 0.4) is 0 Å². The highest BCUT2D eigenvalue weighted by Crippen LogP contribution is 2.14. The Morgan fingerprint density at radius 2 is 2.20 bits per heavy atom. The predicted molar refractivity (Wildman–Crippen MR) is 77.8 cm³/mol. The van der Waals surface area contributed by atoms with Crippen LogP contribution < -0.4 is 10.6 Å². The first kappa shape index (κ1) is 14.7. The Kier molecular flexibility index (Phi) is 4.86. The molecule has 0 aliphatic carbocycles. The SMILES string of the molecule is Fc1ccc(NC(=S)NCCn2cc(Cl)cn2)c(F)c1. The molecular weight excluding hydrogens is 306 g/mol. The number of hydrogen-bond donors (Lipinski definition) is 2. The second-order valence-electron chi connectivity index (χ2n) is 3.93. The van der Waals surface area contributed by atoms with Crippen LogP contribution in [-0.2, 0) is 6.54 Å². The van der Waals surface area contributed by atoms with E-state index in [-0.39, 0.29) is 10.8 Å². The molecule has 20 heavy (non-hydrogen) atoms. The third-order valence-corrected chi connectivity index (χ3v) is 2.85. The number of hydrogen-bond acceptors (Lipinski definition) is 2. The highest BCUT2D eigenvalue weighted by atomic mass is 35.5. The van der Waals surface area contributed by atoms with Gasteiger partial charge in [0.25, 0.3) is 0 Å². The molecule has 0 radical (unpaired) electrons. The van der Waals surface area contributed by atoms with Crippen LogP contribution in [0.2, 0.25) is 5.02 Å². The molecule has 2 aromatic rings. The predicted octanol–water partition coefficient (Wildman–Crippen LogP) is 2.80. The van der Waals surface area contributed by atoms with Crippen LogP contribution in [0.25, 0.3) is 0 Å². The van der Waals surface area contributed by atoms with E-state index in [2.05, 4.69) is 15.7 Å². The molecule has 1 aromatic heterocycles. The summed E-state index contributed by atoms with van der Waals surface area (Å²) in [7, 11) is 0. The summed E-state index contributed by atoms with van der Waals surface area (Å²) < 4.78 is 27.8. The van der Waals surface area contributed by atoms with Crippen LogP contribution in [0.1, 0.15) is 0 Å². The first-order valence-corrected chi connectivity index (χ1v) is 6.51. The molecule has 4 nitrogen and oxygen atoms in total. The van der Waals surface area contributed by atoms with Crippen LogP contribution >= 0.6 is 23.8 Å². The summed E-state index contributed by atoms with van der Waals surface area (Å²) in [5, 5.41) is 10.3. The van der Waals surface area contributed by atoms with Crippen LogP contribution in [0.4, 0.5) is 14.5 Å². The van der Waals surface area contributed by atoms with Crippen molar-refractivity contribution in [3.05, 3.63) is 47.2 Å². The molecule has 0 aliphatic heterocycles. The molecule has 2 rings (SSSR count). The number of aromatic nitrogens is 2. The van der Waals surface area contributed by atoms with Gasteiger partial charge in [-0.25, -0.2) is 8.78 Å². The van der Waals surface area contributed by atoms with Gasteiger partial charge >= 0.3 is 0 Å². The number of thiocarbonyl (C=S) groups is 1. The number of nitrogens with one attached hydrogen (secondary N) is 2. The first-order chi connectivity index (χ1) is 9.54. The summed E-state index contributed by atoms with van der Waals surface area (Å²) in [4.78, 5) is 0. The van der Waals surface area contributed by atoms with Crippen molar-refractivity contribution in [1.82, 2.24) is 15.1 Å². The molecule has 8 heteroatoms. The van der Waals surface area contributed by atoms with E-state index in [0.29, 0.717) is 18.1 Å². The second kappa shape index (κ2) is 6.62. The third-order valence-electron chi connectivity index (χ3n) is 2.41. The zero-order valence-corrected chi connectivity index (χ0v) is 11.8. The van der Waals surface area contributed by atoms with E-state index in [0.717, 1.165) is 12.1 Å². The number of rotatable bonds is 4. The van der Waals surface area contributed by atoms with E-state index in [1.54, 1.807) is 10.9 Å². The minimum Gasteiger partial charge on any atom is -0.361 e. The average molecular weight is 317 g/mol. The van der Waals surface area contributed by atoms with Gasteiger partial charge in [0.15, 0.2) is 5.11 Å². The van der Waals surface area contributed by atoms with Gasteiger partial charge in [-0.3, -0.25) is 4.68 Å². The lowest BCUT2D eigenvalue weighted by atomic mass is 10.3. The fourth-order valence-corrected chi connectivity index (χ4v) is 1.87. The highest BCUT2D eigenvalue weighted by Gasteiger charge is 2.05. The van der Waals surface area contributed by atoms with Gasteiger partial charge in [0.2, 0.25) is 0 Å². The highest BCUT2D eigenvalue weighted by molar-refractivity contribution is 7.80. The van der Waals surface area contributed by atoms with E-state index in [1.165, 1.54) is 12.3 Å². The molecule has 0 fully saturated rings. The molecular formula is C12H11ClF2N4S. The molecule has 106 valence electrons. The van der Waals surface area contributed by atoms with Crippen LogP contribution in [0, 0.1) is 11.6 Å². The molecule has 0 bridgehead atoms. The fourth-order valence-electron chi connectivity index (χ4n) is 1.50. The molecule has 0 saturated heterocycles. The first-order valence-electron chi connectivity index (χ1n) is 5.72. The van der Waals surface area contributed by atoms with E-state index in [4.69, 9.17) is 23.8 Å². The summed E-state index contributed by atoms with van der Waals surface area (Å²) in [6.07, 6.45) is 3.21. The lowest BCUT2D eigenvalue weighted by Gasteiger charge is -2.11. The summed E-state index contributed by atoms with van der Waals surface area (Å²) >= 11 is 10.7. The van der Waals surface area contributed by atoms with E-state index in [1.807, 2.05) is 0 Å². The third kappa shape index (κ3) is 4.14. The Morgan fingerprint density at radius 3 is 2.85 bits per heavy atom. The van der Waals surface area contributed by atoms with Crippen molar-refractivity contribution in [1.29, 1.82) is 0 Å². The number of anilines is 1. The van der Waals surface area contributed by atoms with Crippen molar-refractivity contribution < 1.29 is 8.78 Å². The Morgan fingerprint density at radius 1 is 1.40 bits per heavy atom. The van der Waals surface area contributed by atoms with Gasteiger partial charge in [-0.15, -0.1) is 0 Å². The minimum atomic E-state index is -0.701. The van der Waals surface area contributed by atoms with Gasteiger partial charge in [0.05, 0.1) is 23.5 Å². The minimum absolute atomic E-state index is 0.117. The van der Waals surface area contributed by atoms with Crippen molar-refractivity contribution in [2.24, 2.45) is 0 Å². The molecule has 2 N–H and O–H groups in total. The van der Waals surface area contributed by atoms with Crippen molar-refractivity contribution in [3.8, 4) is 0 Å². The van der Waals surface area contributed by atoms with Gasteiger partial charge in [0.1, 0.15) is 11.6 Å². The van der Waals surface area contributed by atoms with Crippen molar-refractivity contribution in [3.63, 3.8) is 0 Å². The summed E-state index contributed by atoms with van der Waals surface area (Å²) in [6, 6.07) is 3.22. The lowest BCUT2D eigenvalue weighted by Crippen LogP contribution is -2.31. The Bertz CT molecular complexity index is 617. The molecule has 1 aromatic carbocycles. The average Bonchev–Trinajstić information content (AvgIpc) is 2.79. The van der Waals surface area contributed by atoms with Crippen LogP contribution in [0.5, 0.6) is 0 Å². The van der Waals surface area contributed by atoms with Crippen LogP contribution in [0.15, 0.2) is 30.6 Å². The molecule has 1 heterocycles. The molecule has 0 spiro atoms. The summed E-state index contributed by atoms with van der Waals surface area (Å²) in [6.45, 7) is 1.05. The van der Waals surface area contributed by atoms with Gasteiger partial charge in [-0.05, 0) is 24.4 Å². The van der Waals surface area contributed by atoms with Gasteiger partial charge in [-0.1, -0.05) is 11.6 Å². The number of nitrogens with zero attached hydrogens (tertiary/aromatic N) is 2. The molecule has 0 atom stereocenters. The Balaban J connectivity index is 1.80. The molecule has 0 unspecified atom stereocenters. The van der Waals surface area contributed by atoms with Gasteiger partial charge in [-0.2, -0.15) is 5.10 Å². The largest absolute Gasteiger partial charge is 0.361 e. The van der Waals surface area contributed by atoms with E-state index >= 15 is 0 Å². The fraction of sp³-hybridized carbons (Fsp3) is 0.167. The van der Waals surface area contributed by atoms with Gasteiger partial charge < -0.3 is 10.6 Å². The Hall–Kier alpha value is -1.73. The lowest BCUT2D eigenvalue weighted by molar-refractivity contribution is 0.585. The monoisotopic (exact) mass is 316 g/mol. The van der Waals surface area contributed by atoms with Crippen molar-refractivity contribution >= 4 is 34.6 Å². The summed E-state index contributed by atoms with van der Waals surface area (Å²) in [5.41, 5.74) is 0.117. The molecule has 0 saturated carbocycles. The summed E-state index contributed by atoms with van der Waals surface area (Å²) in [5.74, 6) is -1.34. The number of halogens is 3. The van der Waals surface area contributed by atoms with Crippen molar-refractivity contribution in [2.45, 2.75) is 6.54 Å². The van der Waals surface area contributed by atoms with E-state index in [9.17, 15) is 8.78 Å². The molecule has 0 aliphatic rings. The topological polar surface area (TPSA) is 41.9 Å². The van der Waals surface area contributed by atoms with E-state index < -0.39 is 11.6 Å². The maximum absolute atomic E-state index is 13.4. The maximum atomic E-state index is 13.4. The zero-order chi connectivity index (χ0) is 14.5. The second-order valence-corrected chi connectivity index (χ2v) is 4.77. The van der Waals surface area contributed by atoms with Crippen LogP contribution in [-0.4, -0.2) is 21.4 Å². The zero-order valence-electron chi connectivity index (χ0n) is 10.2. The van der Waals surface area contributed by atoms with Gasteiger partial charge in [0, 0.05) is 18.8 Å². The van der Waals surface area contributed by atoms with Crippen molar-refractivity contribution in [2.75, 3.05) is 11.9 Å². The Labute approximate surface area is 124 Å². The maximum Gasteiger partial charge on any atom is 0.170 e. The number of benzene rings is 1. The standard InChI is InChI=1S/C12H11ClF2N4S/c13-8-6-17-19(7-8)4-3-16-12(20)18-11-2-1-9(14)5-10(11)15/h1-2,5-7H,3-4H2,(H2,16,18,20). The normalized spacial score (nSPS) is 10.3.